The molecular formula is C33H54N12O4. The molecule has 0 saturated carbocycles. The summed E-state index contributed by atoms with van der Waals surface area (Å²) >= 11 is 0. The van der Waals surface area contributed by atoms with E-state index in [0.717, 1.165) is 11.1 Å². The van der Waals surface area contributed by atoms with Gasteiger partial charge >= 0.3 is 0 Å². The summed E-state index contributed by atoms with van der Waals surface area (Å²) in [6.45, 7) is 2.87. The minimum atomic E-state index is -0.776. The van der Waals surface area contributed by atoms with Gasteiger partial charge in [0.25, 0.3) is 0 Å². The highest BCUT2D eigenvalue weighted by atomic mass is 16.2. The summed E-state index contributed by atoms with van der Waals surface area (Å²) in [6.07, 6.45) is 0.488. The fraction of sp³-hybridized carbons (Fsp3) is 0.485. The van der Waals surface area contributed by atoms with Crippen molar-refractivity contribution in [3.05, 3.63) is 71.3 Å². The Morgan fingerprint density at radius 1 is 0.735 bits per heavy atom. The molecule has 0 bridgehead atoms. The smallest absolute Gasteiger partial charge is 0.237 e. The van der Waals surface area contributed by atoms with Gasteiger partial charge in [0.05, 0.1) is 24.7 Å². The molecule has 0 heterocycles. The Bertz CT molecular complexity index is 1320. The van der Waals surface area contributed by atoms with Crippen molar-refractivity contribution >= 4 is 29.1 Å². The van der Waals surface area contributed by atoms with E-state index in [1.165, 1.54) is 0 Å². The lowest BCUT2D eigenvalue weighted by molar-refractivity contribution is -0.137. The van der Waals surface area contributed by atoms with Gasteiger partial charge in [0.15, 0.2) is 5.78 Å². The van der Waals surface area contributed by atoms with Crippen LogP contribution in [-0.2, 0) is 32.1 Å². The molecule has 2 aromatic rings. The van der Waals surface area contributed by atoms with E-state index in [4.69, 9.17) is 34.1 Å². The first-order chi connectivity index (χ1) is 23.4. The Hall–Kier alpha value is -3.97. The van der Waals surface area contributed by atoms with Gasteiger partial charge in [0, 0.05) is 25.2 Å². The molecule has 16 nitrogen and oxygen atoms in total. The van der Waals surface area contributed by atoms with Crippen molar-refractivity contribution < 1.29 is 19.2 Å². The molecule has 0 aliphatic rings. The molecule has 0 aliphatic carbocycles. The second kappa shape index (κ2) is 22.6. The van der Waals surface area contributed by atoms with Crippen molar-refractivity contribution in [2.24, 2.45) is 28.7 Å². The van der Waals surface area contributed by atoms with Crippen LogP contribution in [0.15, 0.2) is 54.6 Å². The number of hydrogen-bond donors (Lipinski definition) is 12. The summed E-state index contributed by atoms with van der Waals surface area (Å²) in [5.74, 6) is -1.59. The Labute approximate surface area is 287 Å². The van der Waals surface area contributed by atoms with Crippen LogP contribution in [-0.4, -0.2) is 86.1 Å². The van der Waals surface area contributed by atoms with Crippen LogP contribution < -0.4 is 60.6 Å². The largest absolute Gasteiger partial charge is 0.384 e. The third-order valence-corrected chi connectivity index (χ3v) is 7.71. The van der Waals surface area contributed by atoms with E-state index in [2.05, 4.69) is 31.9 Å². The molecule has 0 spiro atoms. The Morgan fingerprint density at radius 2 is 1.33 bits per heavy atom. The molecule has 3 atom stereocenters. The van der Waals surface area contributed by atoms with Crippen molar-refractivity contribution in [3.63, 3.8) is 0 Å². The maximum atomic E-state index is 13.1. The number of nitrogens with two attached hydrogens (primary N) is 5. The number of rotatable bonds is 26. The summed E-state index contributed by atoms with van der Waals surface area (Å²) in [5, 5.41) is 25.4. The highest BCUT2D eigenvalue weighted by Crippen LogP contribution is 2.07. The highest BCUT2D eigenvalue weighted by molar-refractivity contribution is 6.39. The third kappa shape index (κ3) is 16.8. The van der Waals surface area contributed by atoms with Crippen LogP contribution in [0.25, 0.3) is 0 Å². The Morgan fingerprint density at radius 3 is 1.90 bits per heavy atom. The molecule has 2 rings (SSSR count). The molecule has 270 valence electrons. The number of Topliss-reactive ketones (excluding diaryl/α,β-unsaturated/α-hetero) is 3. The van der Waals surface area contributed by atoms with Crippen LogP contribution in [0.1, 0.15) is 49.3 Å². The summed E-state index contributed by atoms with van der Waals surface area (Å²) in [5.41, 5.74) is 29.8. The number of hydrogen-bond acceptors (Lipinski definition) is 14. The van der Waals surface area contributed by atoms with Gasteiger partial charge < -0.3 is 34.0 Å². The van der Waals surface area contributed by atoms with E-state index in [9.17, 15) is 19.2 Å². The first kappa shape index (κ1) is 41.2. The number of benzene rings is 2. The van der Waals surface area contributed by atoms with Gasteiger partial charge in [-0.15, -0.1) is 0 Å². The quantitative estimate of drug-likeness (QED) is 0.0161. The van der Waals surface area contributed by atoms with Crippen LogP contribution >= 0.6 is 0 Å². The van der Waals surface area contributed by atoms with Crippen molar-refractivity contribution in [2.45, 2.75) is 76.3 Å². The van der Waals surface area contributed by atoms with Crippen molar-refractivity contribution in [1.29, 1.82) is 5.41 Å². The number of amides is 1. The topological polar surface area (TPSA) is 294 Å². The molecule has 0 aliphatic heterocycles. The molecule has 49 heavy (non-hydrogen) atoms. The van der Waals surface area contributed by atoms with E-state index >= 15 is 0 Å². The Kier molecular flexibility index (Phi) is 19.0. The molecule has 16 heteroatoms. The molecule has 0 fully saturated rings. The number of carbonyl (C=O) groups is 4. The molecule has 1 amide bonds. The SMILES string of the molecule is C[C@H](NCN[C@@H](CCCNC(N)N)C(=O)C(=O)Cc1ccccc1)C(=O)CN[C@@H](CCCNC(N)N)C(=O)NCc1ccc(C(=N)N)cc1. The minimum Gasteiger partial charge on any atom is -0.384 e. The van der Waals surface area contributed by atoms with Crippen LogP contribution in [0.2, 0.25) is 0 Å². The van der Waals surface area contributed by atoms with Crippen molar-refractivity contribution in [2.75, 3.05) is 26.3 Å². The van der Waals surface area contributed by atoms with Crippen LogP contribution in [0, 0.1) is 5.41 Å². The maximum Gasteiger partial charge on any atom is 0.237 e. The summed E-state index contributed by atoms with van der Waals surface area (Å²) < 4.78 is 0. The average Bonchev–Trinajstić information content (AvgIpc) is 3.07. The van der Waals surface area contributed by atoms with Gasteiger partial charge in [-0.05, 0) is 56.8 Å². The zero-order valence-electron chi connectivity index (χ0n) is 28.2. The number of carbonyl (C=O) groups excluding carboxylic acids is 4. The zero-order chi connectivity index (χ0) is 36.2. The normalized spacial score (nSPS) is 13.2. The fourth-order valence-electron chi connectivity index (χ4n) is 4.80. The van der Waals surface area contributed by atoms with E-state index in [1.54, 1.807) is 43.3 Å². The minimum absolute atomic E-state index is 0.00621. The molecule has 0 unspecified atom stereocenters. The molecule has 0 aromatic heterocycles. The van der Waals surface area contributed by atoms with Crippen molar-refractivity contribution in [1.82, 2.24) is 31.9 Å². The Balaban J connectivity index is 1.92. The lowest BCUT2D eigenvalue weighted by atomic mass is 9.99. The van der Waals surface area contributed by atoms with Crippen LogP contribution in [0.5, 0.6) is 0 Å². The molecule has 2 aromatic carbocycles. The maximum absolute atomic E-state index is 13.1. The van der Waals surface area contributed by atoms with Crippen molar-refractivity contribution in [3.8, 4) is 0 Å². The number of nitrogen functional groups attached to an aromatic ring is 1. The first-order valence-electron chi connectivity index (χ1n) is 16.4. The van der Waals surface area contributed by atoms with Crippen LogP contribution in [0.4, 0.5) is 0 Å². The predicted molar refractivity (Wildman–Crippen MR) is 189 cm³/mol. The van der Waals surface area contributed by atoms with E-state index < -0.39 is 42.3 Å². The summed E-state index contributed by atoms with van der Waals surface area (Å²) in [7, 11) is 0. The zero-order valence-corrected chi connectivity index (χ0v) is 28.2. The average molecular weight is 683 g/mol. The van der Waals surface area contributed by atoms with E-state index in [1.807, 2.05) is 18.2 Å². The lowest BCUT2D eigenvalue weighted by Gasteiger charge is -2.22. The van der Waals surface area contributed by atoms with Gasteiger partial charge in [-0.2, -0.15) is 0 Å². The number of amidine groups is 1. The summed E-state index contributed by atoms with van der Waals surface area (Å²) in [4.78, 5) is 52.1. The summed E-state index contributed by atoms with van der Waals surface area (Å²) in [6, 6.07) is 13.9. The van der Waals surface area contributed by atoms with Gasteiger partial charge in [-0.1, -0.05) is 54.6 Å². The number of ketones is 3. The van der Waals surface area contributed by atoms with Gasteiger partial charge in [0.1, 0.15) is 18.4 Å². The molecule has 0 radical (unpaired) electrons. The monoisotopic (exact) mass is 682 g/mol. The first-order valence-corrected chi connectivity index (χ1v) is 16.4. The molecular weight excluding hydrogens is 628 g/mol. The standard InChI is InChI=1S/C33H54N12O4/c1-21(44-20-45-25(9-5-15-40-32(36)37)29(48)27(46)17-22-7-3-2-4-8-22)28(47)19-42-26(10-6-16-41-33(38)39)31(49)43-18-23-11-13-24(14-12-23)30(34)35/h2-4,7-8,11-14,21,25-26,32-33,40-42,44-45H,5-6,9-10,15-20,36-39H2,1H3,(H3,34,35)(H,43,49)/t21-,25-,26-/m0/s1. The predicted octanol–water partition coefficient (Wildman–Crippen LogP) is -2.47. The van der Waals surface area contributed by atoms with Gasteiger partial charge in [0.2, 0.25) is 17.5 Å². The number of nitrogens with one attached hydrogen (secondary N) is 7. The van der Waals surface area contributed by atoms with Gasteiger partial charge in [-0.25, -0.2) is 0 Å². The molecule has 0 saturated heterocycles. The fourth-order valence-corrected chi connectivity index (χ4v) is 4.80. The highest BCUT2D eigenvalue weighted by Gasteiger charge is 2.25. The molecule has 17 N–H and O–H groups in total. The second-order valence-corrected chi connectivity index (χ2v) is 11.8. The van der Waals surface area contributed by atoms with Crippen LogP contribution in [0.3, 0.4) is 0 Å². The lowest BCUT2D eigenvalue weighted by Crippen LogP contribution is -2.51. The van der Waals surface area contributed by atoms with Gasteiger partial charge in [-0.3, -0.25) is 51.2 Å². The second-order valence-electron chi connectivity index (χ2n) is 11.8. The van der Waals surface area contributed by atoms with E-state index in [0.29, 0.717) is 44.3 Å². The third-order valence-electron chi connectivity index (χ3n) is 7.71. The van der Waals surface area contributed by atoms with E-state index in [-0.39, 0.29) is 43.7 Å².